The predicted octanol–water partition coefficient (Wildman–Crippen LogP) is 2.93. The summed E-state index contributed by atoms with van der Waals surface area (Å²) in [5.74, 6) is -0.901. The molecule has 1 atom stereocenters. The number of urea groups is 1. The second-order valence-corrected chi connectivity index (χ2v) is 6.17. The van der Waals surface area contributed by atoms with Gasteiger partial charge in [-0.05, 0) is 11.8 Å². The predicted molar refractivity (Wildman–Crippen MR) is 77.1 cm³/mol. The van der Waals surface area contributed by atoms with Gasteiger partial charge in [-0.3, -0.25) is 5.32 Å². The van der Waals surface area contributed by atoms with E-state index in [1.54, 1.807) is 0 Å². The van der Waals surface area contributed by atoms with Gasteiger partial charge in [0.05, 0.1) is 13.0 Å². The largest absolute Gasteiger partial charge is 0.481 e. The third-order valence-electron chi connectivity index (χ3n) is 4.00. The number of amides is 2. The molecule has 9 heteroatoms. The van der Waals surface area contributed by atoms with Crippen molar-refractivity contribution >= 4 is 11.8 Å². The maximum absolute atomic E-state index is 13.0. The van der Waals surface area contributed by atoms with Crippen LogP contribution < -0.4 is 10.1 Å². The first-order valence-corrected chi connectivity index (χ1v) is 7.12. The molecule has 0 spiro atoms. The number of carbonyl (C=O) groups is 1. The van der Waals surface area contributed by atoms with E-state index in [4.69, 9.17) is 4.74 Å². The monoisotopic (exact) mass is 332 g/mol. The van der Waals surface area contributed by atoms with Gasteiger partial charge in [-0.2, -0.15) is 13.2 Å². The Bertz CT molecular complexity index is 577. The Balaban J connectivity index is 2.04. The molecule has 6 nitrogen and oxygen atoms in total. The van der Waals surface area contributed by atoms with Crippen LogP contribution in [0, 0.1) is 11.3 Å². The summed E-state index contributed by atoms with van der Waals surface area (Å²) in [6, 6.07) is 0.949. The van der Waals surface area contributed by atoms with Crippen molar-refractivity contribution in [2.45, 2.75) is 26.4 Å². The van der Waals surface area contributed by atoms with Crippen molar-refractivity contribution < 1.29 is 22.7 Å². The Morgan fingerprint density at radius 2 is 2.13 bits per heavy atom. The first-order valence-electron chi connectivity index (χ1n) is 7.12. The van der Waals surface area contributed by atoms with Crippen LogP contribution in [-0.2, 0) is 0 Å². The van der Waals surface area contributed by atoms with Gasteiger partial charge < -0.3 is 9.64 Å². The number of alkyl halides is 3. The Morgan fingerprint density at radius 1 is 1.43 bits per heavy atom. The Labute approximate surface area is 132 Å². The van der Waals surface area contributed by atoms with Crippen LogP contribution in [0.2, 0.25) is 0 Å². The summed E-state index contributed by atoms with van der Waals surface area (Å²) in [6.07, 6.45) is -3.14. The van der Waals surface area contributed by atoms with E-state index in [1.165, 1.54) is 38.3 Å². The highest BCUT2D eigenvalue weighted by atomic mass is 19.4. The van der Waals surface area contributed by atoms with Gasteiger partial charge in [0.2, 0.25) is 5.88 Å². The fraction of sp³-hybridized carbons (Fsp3) is 0.643. The molecule has 2 rings (SSSR count). The standard InChI is InChI=1S/C14H19F3N4O2/c1-13(2)7-21(5-4-9(13)14(15,16)17)12(22)20-10-6-11(23-3)19-8-18-10/h6,8-9H,4-5,7H2,1-3H3,(H,18,19,20,22)/t9-/m1/s1. The molecule has 1 aliphatic rings. The number of nitrogens with one attached hydrogen (secondary N) is 1. The number of aromatic nitrogens is 2. The molecule has 0 unspecified atom stereocenters. The fourth-order valence-corrected chi connectivity index (χ4v) is 2.84. The average Bonchev–Trinajstić information content (AvgIpc) is 2.44. The minimum Gasteiger partial charge on any atom is -0.481 e. The minimum atomic E-state index is -4.26. The van der Waals surface area contributed by atoms with Crippen LogP contribution >= 0.6 is 0 Å². The van der Waals surface area contributed by atoms with Crippen molar-refractivity contribution in [1.82, 2.24) is 14.9 Å². The second-order valence-electron chi connectivity index (χ2n) is 6.17. The van der Waals surface area contributed by atoms with Crippen LogP contribution in [0.4, 0.5) is 23.8 Å². The summed E-state index contributed by atoms with van der Waals surface area (Å²) < 4.78 is 44.1. The zero-order valence-corrected chi connectivity index (χ0v) is 13.1. The Morgan fingerprint density at radius 3 is 2.70 bits per heavy atom. The number of likely N-dealkylation sites (tertiary alicyclic amines) is 1. The quantitative estimate of drug-likeness (QED) is 0.904. The lowest BCUT2D eigenvalue weighted by Crippen LogP contribution is -2.53. The fourth-order valence-electron chi connectivity index (χ4n) is 2.84. The molecule has 0 aliphatic carbocycles. The van der Waals surface area contributed by atoms with E-state index >= 15 is 0 Å². The molecule has 1 fully saturated rings. The Hall–Kier alpha value is -2.06. The summed E-state index contributed by atoms with van der Waals surface area (Å²) >= 11 is 0. The van der Waals surface area contributed by atoms with Gasteiger partial charge in [0.1, 0.15) is 12.1 Å². The van der Waals surface area contributed by atoms with E-state index < -0.39 is 23.5 Å². The highest BCUT2D eigenvalue weighted by Gasteiger charge is 2.51. The normalized spacial score (nSPS) is 21.0. The molecule has 2 amide bonds. The van der Waals surface area contributed by atoms with Gasteiger partial charge in [0, 0.05) is 19.2 Å². The van der Waals surface area contributed by atoms with Gasteiger partial charge >= 0.3 is 12.2 Å². The number of carbonyl (C=O) groups excluding carboxylic acids is 1. The number of methoxy groups -OCH3 is 1. The van der Waals surface area contributed by atoms with Crippen molar-refractivity contribution in [3.8, 4) is 5.88 Å². The van der Waals surface area contributed by atoms with E-state index in [9.17, 15) is 18.0 Å². The Kier molecular flexibility index (Phi) is 4.67. The molecule has 2 heterocycles. The number of anilines is 1. The van der Waals surface area contributed by atoms with E-state index in [1.807, 2.05) is 0 Å². The third-order valence-corrected chi connectivity index (χ3v) is 4.00. The van der Waals surface area contributed by atoms with Crippen molar-refractivity contribution in [3.05, 3.63) is 12.4 Å². The molecule has 0 bridgehead atoms. The molecule has 23 heavy (non-hydrogen) atoms. The van der Waals surface area contributed by atoms with Crippen LogP contribution in [-0.4, -0.2) is 47.3 Å². The zero-order chi connectivity index (χ0) is 17.3. The minimum absolute atomic E-state index is 0.0191. The lowest BCUT2D eigenvalue weighted by Gasteiger charge is -2.44. The van der Waals surface area contributed by atoms with Crippen LogP contribution in [0.1, 0.15) is 20.3 Å². The van der Waals surface area contributed by atoms with E-state index in [0.29, 0.717) is 0 Å². The second kappa shape index (κ2) is 6.21. The summed E-state index contributed by atoms with van der Waals surface area (Å²) in [5, 5.41) is 2.55. The molecule has 1 aromatic rings. The highest BCUT2D eigenvalue weighted by molar-refractivity contribution is 5.88. The lowest BCUT2D eigenvalue weighted by molar-refractivity contribution is -0.214. The van der Waals surface area contributed by atoms with Gasteiger partial charge in [-0.1, -0.05) is 13.8 Å². The van der Waals surface area contributed by atoms with Gasteiger partial charge in [0.15, 0.2) is 0 Å². The first kappa shape index (κ1) is 17.3. The molecular formula is C14H19F3N4O2. The molecule has 1 saturated heterocycles. The van der Waals surface area contributed by atoms with Crippen LogP contribution in [0.25, 0.3) is 0 Å². The maximum atomic E-state index is 13.0. The molecule has 1 N–H and O–H groups in total. The maximum Gasteiger partial charge on any atom is 0.392 e. The van der Waals surface area contributed by atoms with Crippen LogP contribution in [0.3, 0.4) is 0 Å². The number of nitrogens with zero attached hydrogens (tertiary/aromatic N) is 3. The first-order chi connectivity index (χ1) is 10.6. The average molecular weight is 332 g/mol. The third kappa shape index (κ3) is 4.02. The smallest absolute Gasteiger partial charge is 0.392 e. The van der Waals surface area contributed by atoms with E-state index in [2.05, 4.69) is 15.3 Å². The number of rotatable bonds is 2. The zero-order valence-electron chi connectivity index (χ0n) is 13.1. The van der Waals surface area contributed by atoms with Gasteiger partial charge in [-0.25, -0.2) is 14.8 Å². The van der Waals surface area contributed by atoms with Gasteiger partial charge in [0.25, 0.3) is 0 Å². The van der Waals surface area contributed by atoms with E-state index in [0.717, 1.165) is 0 Å². The molecule has 1 aliphatic heterocycles. The SMILES string of the molecule is COc1cc(NC(=O)N2CC[C@@H](C(F)(F)F)C(C)(C)C2)ncn1. The topological polar surface area (TPSA) is 67.3 Å². The van der Waals surface area contributed by atoms with Crippen LogP contribution in [0.15, 0.2) is 12.4 Å². The summed E-state index contributed by atoms with van der Waals surface area (Å²) in [6.45, 7) is 3.11. The number of halogens is 3. The molecule has 0 radical (unpaired) electrons. The van der Waals surface area contributed by atoms with Gasteiger partial charge in [-0.15, -0.1) is 0 Å². The van der Waals surface area contributed by atoms with Crippen LogP contribution in [0.5, 0.6) is 5.88 Å². The molecular weight excluding hydrogens is 313 g/mol. The summed E-state index contributed by atoms with van der Waals surface area (Å²) in [5.41, 5.74) is -1.04. The summed E-state index contributed by atoms with van der Waals surface area (Å²) in [7, 11) is 1.43. The number of piperidine rings is 1. The molecule has 0 saturated carbocycles. The molecule has 128 valence electrons. The molecule has 1 aromatic heterocycles. The summed E-state index contributed by atoms with van der Waals surface area (Å²) in [4.78, 5) is 21.3. The van der Waals surface area contributed by atoms with Crippen molar-refractivity contribution in [1.29, 1.82) is 0 Å². The number of ether oxygens (including phenoxy) is 1. The van der Waals surface area contributed by atoms with Crippen molar-refractivity contribution in [2.24, 2.45) is 11.3 Å². The van der Waals surface area contributed by atoms with Crippen molar-refractivity contribution in [2.75, 3.05) is 25.5 Å². The number of hydrogen-bond donors (Lipinski definition) is 1. The molecule has 0 aromatic carbocycles. The number of hydrogen-bond acceptors (Lipinski definition) is 4. The highest BCUT2D eigenvalue weighted by Crippen LogP contribution is 2.45. The van der Waals surface area contributed by atoms with Crippen molar-refractivity contribution in [3.63, 3.8) is 0 Å². The lowest BCUT2D eigenvalue weighted by atomic mass is 9.73. The van der Waals surface area contributed by atoms with E-state index in [-0.39, 0.29) is 31.2 Å².